The minimum atomic E-state index is 0.855. The molecule has 0 fully saturated rings. The minimum Gasteiger partial charge on any atom is -0.381 e. The third-order valence-corrected chi connectivity index (χ3v) is 2.98. The third-order valence-electron chi connectivity index (χ3n) is 2.98. The van der Waals surface area contributed by atoms with Crippen LogP contribution < -0.4 is 5.32 Å². The van der Waals surface area contributed by atoms with Crippen molar-refractivity contribution in [2.24, 2.45) is 0 Å². The molecule has 0 radical (unpaired) electrons. The molecule has 1 aromatic heterocycles. The molecule has 0 amide bonds. The normalized spacial score (nSPS) is 11.2. The van der Waals surface area contributed by atoms with Crippen LogP contribution in [0.2, 0.25) is 0 Å². The predicted octanol–water partition coefficient (Wildman–Crippen LogP) is 3.07. The highest BCUT2D eigenvalue weighted by Crippen LogP contribution is 2.16. The van der Waals surface area contributed by atoms with Gasteiger partial charge in [-0.25, -0.2) is 0 Å². The lowest BCUT2D eigenvalue weighted by Gasteiger charge is -2.06. The maximum atomic E-state index is 5.45. The lowest BCUT2D eigenvalue weighted by molar-refractivity contribution is 0.132. The number of rotatable bonds is 8. The molecular formula is C15H22N2O. The Kier molecular flexibility index (Phi) is 5.24. The van der Waals surface area contributed by atoms with Crippen molar-refractivity contribution >= 4 is 10.9 Å². The molecule has 98 valence electrons. The summed E-state index contributed by atoms with van der Waals surface area (Å²) in [5, 5.41) is 4.74. The molecule has 18 heavy (non-hydrogen) atoms. The number of ether oxygens (including phenoxy) is 1. The average molecular weight is 246 g/mol. The van der Waals surface area contributed by atoms with Gasteiger partial charge < -0.3 is 15.0 Å². The molecule has 2 aromatic rings. The molecule has 0 spiro atoms. The van der Waals surface area contributed by atoms with E-state index >= 15 is 0 Å². The highest BCUT2D eigenvalue weighted by atomic mass is 16.5. The molecule has 0 saturated carbocycles. The number of aromatic nitrogens is 1. The summed E-state index contributed by atoms with van der Waals surface area (Å²) in [6.45, 7) is 5.77. The van der Waals surface area contributed by atoms with E-state index in [2.05, 4.69) is 41.5 Å². The topological polar surface area (TPSA) is 37.0 Å². The maximum Gasteiger partial charge on any atom is 0.0499 e. The standard InChI is InChI=1S/C15H22N2O/c1-2-10-18-11-4-8-16-12-14-6-3-5-13-7-9-17-15(13)14/h3,5-7,9,16-17H,2,4,8,10-12H2,1H3. The molecule has 0 bridgehead atoms. The lowest BCUT2D eigenvalue weighted by Crippen LogP contribution is -2.16. The van der Waals surface area contributed by atoms with Crippen LogP contribution in [0.5, 0.6) is 0 Å². The van der Waals surface area contributed by atoms with E-state index in [4.69, 9.17) is 4.74 Å². The van der Waals surface area contributed by atoms with Crippen LogP contribution in [0, 0.1) is 0 Å². The first kappa shape index (κ1) is 13.1. The lowest BCUT2D eigenvalue weighted by atomic mass is 10.1. The maximum absolute atomic E-state index is 5.45. The van der Waals surface area contributed by atoms with Crippen molar-refractivity contribution in [3.8, 4) is 0 Å². The number of hydrogen-bond donors (Lipinski definition) is 2. The van der Waals surface area contributed by atoms with Gasteiger partial charge in [-0.2, -0.15) is 0 Å². The van der Waals surface area contributed by atoms with Crippen LogP contribution in [0.1, 0.15) is 25.3 Å². The Morgan fingerprint density at radius 2 is 2.17 bits per heavy atom. The summed E-state index contributed by atoms with van der Waals surface area (Å²) in [6, 6.07) is 8.52. The summed E-state index contributed by atoms with van der Waals surface area (Å²) in [5.41, 5.74) is 2.57. The fraction of sp³-hybridized carbons (Fsp3) is 0.467. The summed E-state index contributed by atoms with van der Waals surface area (Å²) >= 11 is 0. The van der Waals surface area contributed by atoms with Crippen molar-refractivity contribution in [3.05, 3.63) is 36.0 Å². The molecule has 0 aliphatic carbocycles. The Hall–Kier alpha value is -1.32. The zero-order valence-electron chi connectivity index (χ0n) is 11.0. The smallest absolute Gasteiger partial charge is 0.0499 e. The molecule has 3 nitrogen and oxygen atoms in total. The van der Waals surface area contributed by atoms with Gasteiger partial charge in [0.2, 0.25) is 0 Å². The molecule has 0 saturated heterocycles. The predicted molar refractivity (Wildman–Crippen MR) is 75.7 cm³/mol. The molecule has 0 aliphatic rings. The zero-order valence-corrected chi connectivity index (χ0v) is 11.0. The Labute approximate surface area is 109 Å². The number of fused-ring (bicyclic) bond motifs is 1. The molecule has 1 heterocycles. The van der Waals surface area contributed by atoms with Crippen LogP contribution in [0.4, 0.5) is 0 Å². The van der Waals surface area contributed by atoms with Crippen LogP contribution in [0.3, 0.4) is 0 Å². The number of benzene rings is 1. The Bertz CT molecular complexity index is 464. The van der Waals surface area contributed by atoms with Crippen molar-refractivity contribution in [2.75, 3.05) is 19.8 Å². The van der Waals surface area contributed by atoms with Crippen LogP contribution in [0.15, 0.2) is 30.5 Å². The first-order chi connectivity index (χ1) is 8.92. The molecule has 3 heteroatoms. The van der Waals surface area contributed by atoms with Crippen LogP contribution in [0.25, 0.3) is 10.9 Å². The van der Waals surface area contributed by atoms with E-state index in [1.165, 1.54) is 16.5 Å². The molecule has 0 atom stereocenters. The van der Waals surface area contributed by atoms with Gasteiger partial charge in [0.25, 0.3) is 0 Å². The van der Waals surface area contributed by atoms with E-state index in [-0.39, 0.29) is 0 Å². The molecule has 2 rings (SSSR count). The third kappa shape index (κ3) is 3.59. The van der Waals surface area contributed by atoms with Crippen molar-refractivity contribution in [1.82, 2.24) is 10.3 Å². The molecule has 2 N–H and O–H groups in total. The average Bonchev–Trinajstić information content (AvgIpc) is 2.86. The first-order valence-corrected chi connectivity index (χ1v) is 6.75. The van der Waals surface area contributed by atoms with Gasteiger partial charge in [0, 0.05) is 31.5 Å². The van der Waals surface area contributed by atoms with Crippen molar-refractivity contribution in [3.63, 3.8) is 0 Å². The molecular weight excluding hydrogens is 224 g/mol. The summed E-state index contributed by atoms with van der Waals surface area (Å²) in [4.78, 5) is 3.29. The Morgan fingerprint density at radius 1 is 1.22 bits per heavy atom. The number of H-pyrrole nitrogens is 1. The quantitative estimate of drug-likeness (QED) is 0.702. The fourth-order valence-electron chi connectivity index (χ4n) is 2.07. The monoisotopic (exact) mass is 246 g/mol. The summed E-state index contributed by atoms with van der Waals surface area (Å²) in [5.74, 6) is 0. The fourth-order valence-corrected chi connectivity index (χ4v) is 2.07. The Morgan fingerprint density at radius 3 is 3.06 bits per heavy atom. The van der Waals surface area contributed by atoms with Gasteiger partial charge >= 0.3 is 0 Å². The summed E-state index contributed by atoms with van der Waals surface area (Å²) in [7, 11) is 0. The number of para-hydroxylation sites is 1. The van der Waals surface area contributed by atoms with Crippen LogP contribution in [-0.4, -0.2) is 24.7 Å². The number of hydrogen-bond acceptors (Lipinski definition) is 2. The minimum absolute atomic E-state index is 0.855. The second-order valence-corrected chi connectivity index (χ2v) is 4.50. The van der Waals surface area contributed by atoms with Gasteiger partial charge in [-0.3, -0.25) is 0 Å². The second kappa shape index (κ2) is 7.19. The SMILES string of the molecule is CCCOCCCNCc1cccc2cc[nH]c12. The van der Waals surface area contributed by atoms with Gasteiger partial charge in [0.15, 0.2) is 0 Å². The number of aromatic amines is 1. The van der Waals surface area contributed by atoms with E-state index in [1.807, 2.05) is 6.20 Å². The van der Waals surface area contributed by atoms with E-state index in [1.54, 1.807) is 0 Å². The molecule has 0 aliphatic heterocycles. The van der Waals surface area contributed by atoms with Gasteiger partial charge in [0.1, 0.15) is 0 Å². The van der Waals surface area contributed by atoms with Crippen molar-refractivity contribution in [1.29, 1.82) is 0 Å². The van der Waals surface area contributed by atoms with E-state index in [0.717, 1.165) is 39.1 Å². The highest BCUT2D eigenvalue weighted by Gasteiger charge is 2.00. The second-order valence-electron chi connectivity index (χ2n) is 4.50. The first-order valence-electron chi connectivity index (χ1n) is 6.75. The van der Waals surface area contributed by atoms with E-state index in [0.29, 0.717) is 0 Å². The van der Waals surface area contributed by atoms with Gasteiger partial charge in [-0.05, 0) is 36.4 Å². The Balaban J connectivity index is 1.72. The summed E-state index contributed by atoms with van der Waals surface area (Å²) in [6.07, 6.45) is 4.16. The van der Waals surface area contributed by atoms with Crippen LogP contribution >= 0.6 is 0 Å². The van der Waals surface area contributed by atoms with Crippen molar-refractivity contribution < 1.29 is 4.74 Å². The zero-order chi connectivity index (χ0) is 12.6. The molecule has 1 aromatic carbocycles. The summed E-state index contributed by atoms with van der Waals surface area (Å²) < 4.78 is 5.45. The van der Waals surface area contributed by atoms with Crippen LogP contribution in [-0.2, 0) is 11.3 Å². The van der Waals surface area contributed by atoms with Gasteiger partial charge in [0.05, 0.1) is 0 Å². The number of nitrogens with one attached hydrogen (secondary N) is 2. The highest BCUT2D eigenvalue weighted by molar-refractivity contribution is 5.82. The van der Waals surface area contributed by atoms with Gasteiger partial charge in [-0.15, -0.1) is 0 Å². The van der Waals surface area contributed by atoms with Crippen molar-refractivity contribution in [2.45, 2.75) is 26.3 Å². The van der Waals surface area contributed by atoms with Gasteiger partial charge in [-0.1, -0.05) is 25.1 Å². The molecule has 0 unspecified atom stereocenters. The van der Waals surface area contributed by atoms with E-state index < -0.39 is 0 Å². The largest absolute Gasteiger partial charge is 0.381 e. The van der Waals surface area contributed by atoms with E-state index in [9.17, 15) is 0 Å².